The van der Waals surface area contributed by atoms with Crippen LogP contribution >= 0.6 is 0 Å². The van der Waals surface area contributed by atoms with E-state index < -0.39 is 11.9 Å². The van der Waals surface area contributed by atoms with E-state index in [2.05, 4.69) is 13.8 Å². The summed E-state index contributed by atoms with van der Waals surface area (Å²) >= 11 is 0. The van der Waals surface area contributed by atoms with Gasteiger partial charge in [0.1, 0.15) is 11.5 Å². The molecule has 39 heavy (non-hydrogen) atoms. The zero-order valence-corrected chi connectivity index (χ0v) is 27.4. The van der Waals surface area contributed by atoms with Crippen LogP contribution in [0.1, 0.15) is 134 Å². The molecule has 0 spiro atoms. The molecule has 0 aliphatic carbocycles. The molecule has 0 saturated carbocycles. The maximum atomic E-state index is 10.9. The molecule has 2 aromatic carbocycles. The Balaban J connectivity index is 0.000000722. The summed E-state index contributed by atoms with van der Waals surface area (Å²) < 4.78 is 0. The fourth-order valence-electron chi connectivity index (χ4n) is 4.53. The van der Waals surface area contributed by atoms with Crippen LogP contribution < -0.4 is 10.2 Å². The third-order valence-corrected chi connectivity index (χ3v) is 6.80. The van der Waals surface area contributed by atoms with Crippen LogP contribution in [0.2, 0.25) is 0 Å². The van der Waals surface area contributed by atoms with Crippen molar-refractivity contribution in [1.29, 1.82) is 0 Å². The van der Waals surface area contributed by atoms with Gasteiger partial charge in [-0.2, -0.15) is 0 Å². The maximum absolute atomic E-state index is 10.9. The third kappa shape index (κ3) is 14.0. The number of hydrogen-bond acceptors (Lipinski definition) is 6. The van der Waals surface area contributed by atoms with Crippen molar-refractivity contribution in [3.05, 3.63) is 57.6 Å². The molecule has 6 nitrogen and oxygen atoms in total. The van der Waals surface area contributed by atoms with Gasteiger partial charge in [0, 0.05) is 11.1 Å². The van der Waals surface area contributed by atoms with Gasteiger partial charge in [-0.25, -0.2) is 0 Å². The van der Waals surface area contributed by atoms with Crippen LogP contribution in [-0.4, -0.2) is 22.2 Å². The monoisotopic (exact) mass is 590 g/mol. The topological polar surface area (TPSA) is 121 Å². The quantitative estimate of drug-likeness (QED) is 0.184. The third-order valence-electron chi connectivity index (χ3n) is 6.80. The van der Waals surface area contributed by atoms with Gasteiger partial charge in [0.2, 0.25) is 0 Å². The molecule has 0 aliphatic heterocycles. The molecule has 0 fully saturated rings. The van der Waals surface area contributed by atoms with Gasteiger partial charge < -0.3 is 30.0 Å². The molecule has 7 heteroatoms. The van der Waals surface area contributed by atoms with Crippen molar-refractivity contribution < 1.29 is 49.5 Å². The minimum Gasteiger partial charge on any atom is -0.545 e. The number of aryl methyl sites for hydroxylation is 4. The molecule has 0 aromatic heterocycles. The van der Waals surface area contributed by atoms with Crippen molar-refractivity contribution in [2.75, 3.05) is 0 Å². The van der Waals surface area contributed by atoms with Gasteiger partial charge in [-0.05, 0) is 73.9 Å². The van der Waals surface area contributed by atoms with Crippen molar-refractivity contribution in [2.45, 2.75) is 118 Å². The number of phenols is 2. The minimum atomic E-state index is -1.31. The predicted octanol–water partition coefficient (Wildman–Crippen LogP) is 5.93. The summed E-state index contributed by atoms with van der Waals surface area (Å²) in [7, 11) is 0. The Morgan fingerprint density at radius 2 is 0.897 bits per heavy atom. The zero-order chi connectivity index (χ0) is 28.5. The summed E-state index contributed by atoms with van der Waals surface area (Å²) in [4.78, 5) is 21.8. The average molecular weight is 592 g/mol. The summed E-state index contributed by atoms with van der Waals surface area (Å²) in [5.41, 5.74) is 2.93. The largest absolute Gasteiger partial charge is 2.00 e. The smallest absolute Gasteiger partial charge is 0.545 e. The number of carbonyl (C=O) groups is 2. The van der Waals surface area contributed by atoms with E-state index in [1.54, 1.807) is 13.8 Å². The van der Waals surface area contributed by atoms with Crippen molar-refractivity contribution in [1.82, 2.24) is 0 Å². The number of carbonyl (C=O) groups excluding carboxylic acids is 2. The maximum Gasteiger partial charge on any atom is 2.00 e. The van der Waals surface area contributed by atoms with Gasteiger partial charge in [0.05, 0.1) is 11.9 Å². The van der Waals surface area contributed by atoms with E-state index >= 15 is 0 Å². The first kappa shape index (κ1) is 36.6. The Morgan fingerprint density at radius 1 is 0.590 bits per heavy atom. The first-order valence-electron chi connectivity index (χ1n) is 14.2. The first-order valence-corrected chi connectivity index (χ1v) is 14.2. The van der Waals surface area contributed by atoms with E-state index in [1.807, 2.05) is 12.1 Å². The Kier molecular flexibility index (Phi) is 19.2. The Bertz CT molecular complexity index is 937. The number of aromatic hydroxyl groups is 2. The van der Waals surface area contributed by atoms with Crippen molar-refractivity contribution >= 4 is 11.9 Å². The van der Waals surface area contributed by atoms with Crippen molar-refractivity contribution in [2.24, 2.45) is 0 Å². The Hall–Kier alpha value is -2.40. The van der Waals surface area contributed by atoms with E-state index in [0.29, 0.717) is 11.1 Å². The summed E-state index contributed by atoms with van der Waals surface area (Å²) in [6.07, 6.45) is 16.2. The van der Waals surface area contributed by atoms with E-state index in [0.717, 1.165) is 36.8 Å². The van der Waals surface area contributed by atoms with Crippen LogP contribution in [0.5, 0.6) is 11.5 Å². The van der Waals surface area contributed by atoms with E-state index in [9.17, 15) is 30.0 Å². The number of carboxylic acid groups (broad SMARTS) is 2. The Labute approximate surface area is 247 Å². The summed E-state index contributed by atoms with van der Waals surface area (Å²) in [6, 6.07) is 6.77. The van der Waals surface area contributed by atoms with Gasteiger partial charge in [0.15, 0.2) is 0 Å². The number of benzene rings is 2. The van der Waals surface area contributed by atoms with E-state index in [1.165, 1.54) is 76.3 Å². The van der Waals surface area contributed by atoms with Crippen LogP contribution in [0.25, 0.3) is 0 Å². The number of aromatic carboxylic acids is 2. The molecule has 0 atom stereocenters. The predicted molar refractivity (Wildman–Crippen MR) is 149 cm³/mol. The second kappa shape index (κ2) is 20.5. The average Bonchev–Trinajstić information content (AvgIpc) is 2.87. The summed E-state index contributed by atoms with van der Waals surface area (Å²) in [5, 5.41) is 41.1. The second-order valence-electron chi connectivity index (χ2n) is 10.2. The molecule has 0 saturated heterocycles. The second-order valence-corrected chi connectivity index (χ2v) is 10.2. The van der Waals surface area contributed by atoms with Gasteiger partial charge in [-0.3, -0.25) is 0 Å². The van der Waals surface area contributed by atoms with Crippen molar-refractivity contribution in [3.8, 4) is 11.5 Å². The van der Waals surface area contributed by atoms with Crippen LogP contribution in [0.15, 0.2) is 24.3 Å². The van der Waals surface area contributed by atoms with Gasteiger partial charge in [-0.15, -0.1) is 0 Å². The molecular weight excluding hydrogens is 546 g/mol. The molecule has 0 amide bonds. The van der Waals surface area contributed by atoms with Gasteiger partial charge >= 0.3 is 19.5 Å². The van der Waals surface area contributed by atoms with Crippen LogP contribution in [-0.2, 0) is 32.3 Å². The molecule has 0 unspecified atom stereocenters. The normalized spacial score (nSPS) is 10.4. The molecule has 2 N–H and O–H groups in total. The van der Waals surface area contributed by atoms with Crippen LogP contribution in [0.3, 0.4) is 0 Å². The first-order chi connectivity index (χ1) is 18.1. The number of hydrogen-bond donors (Lipinski definition) is 2. The summed E-state index contributed by atoms with van der Waals surface area (Å²) in [5.74, 6) is -2.98. The Morgan fingerprint density at radius 3 is 1.21 bits per heavy atom. The fraction of sp³-hybridized carbons (Fsp3) is 0.562. The summed E-state index contributed by atoms with van der Waals surface area (Å²) in [6.45, 7) is 7.82. The fourth-order valence-corrected chi connectivity index (χ4v) is 4.53. The number of rotatable bonds is 16. The van der Waals surface area contributed by atoms with Crippen LogP contribution in [0, 0.1) is 13.8 Å². The van der Waals surface area contributed by atoms with Gasteiger partial charge in [-0.1, -0.05) is 90.2 Å². The number of unbranched alkanes of at least 4 members (excludes halogenated alkanes) is 10. The molecule has 2 rings (SSSR count). The molecule has 0 aliphatic rings. The SMILES string of the molecule is CCCCCCCCc1cc(C)c(O)c(C(=O)[O-])c1.CCCCCCCCc1cc(C)c(O)c(C(=O)[O-])c1.[Zn+2]. The molecule has 212 valence electrons. The van der Waals surface area contributed by atoms with Crippen molar-refractivity contribution in [3.63, 3.8) is 0 Å². The molecule has 0 heterocycles. The standard InChI is InChI=1S/2C16H24O3.Zn/c2*1-3-4-5-6-7-8-9-13-10-12(2)15(17)14(11-13)16(18)19;/h2*10-11,17H,3-9H2,1-2H3,(H,18,19);/q;;+2/p-2. The molecular formula is C32H46O6Zn. The molecule has 0 bridgehead atoms. The van der Waals surface area contributed by atoms with E-state index in [-0.39, 0.29) is 42.1 Å². The molecule has 2 aromatic rings. The minimum absolute atomic E-state index is 0. The number of carboxylic acids is 2. The van der Waals surface area contributed by atoms with Crippen LogP contribution in [0.4, 0.5) is 0 Å². The zero-order valence-electron chi connectivity index (χ0n) is 24.4. The van der Waals surface area contributed by atoms with E-state index in [4.69, 9.17) is 0 Å². The molecule has 0 radical (unpaired) electrons. The van der Waals surface area contributed by atoms with Gasteiger partial charge in [0.25, 0.3) is 0 Å².